The first-order valence-electron chi connectivity index (χ1n) is 10.3. The van der Waals surface area contributed by atoms with Gasteiger partial charge in [0.2, 0.25) is 0 Å². The maximum Gasteiger partial charge on any atom is 0.329 e. The zero-order valence-electron chi connectivity index (χ0n) is 16.9. The number of fused-ring (bicyclic) bond motifs is 2. The minimum atomic E-state index is -0.0348. The lowest BCUT2D eigenvalue weighted by molar-refractivity contribution is 0.290. The molecule has 154 valence electrons. The van der Waals surface area contributed by atoms with Crippen molar-refractivity contribution in [3.05, 3.63) is 59.0 Å². The smallest absolute Gasteiger partial charge is 0.329 e. The summed E-state index contributed by atoms with van der Waals surface area (Å²) in [6.07, 6.45) is 6.20. The van der Waals surface area contributed by atoms with Gasteiger partial charge < -0.3 is 10.0 Å². The predicted octanol–water partition coefficient (Wildman–Crippen LogP) is 2.34. The summed E-state index contributed by atoms with van der Waals surface area (Å²) in [5, 5.41) is 10.2. The topological polar surface area (TPSA) is 89.1 Å². The van der Waals surface area contributed by atoms with Crippen LogP contribution in [-0.4, -0.2) is 49.4 Å². The third kappa shape index (κ3) is 3.23. The number of rotatable bonds is 7. The average molecular weight is 404 g/mol. The molecule has 1 aromatic carbocycles. The van der Waals surface area contributed by atoms with E-state index in [0.717, 1.165) is 40.6 Å². The number of aliphatic hydroxyl groups excluding tert-OH is 1. The van der Waals surface area contributed by atoms with Crippen LogP contribution in [0, 0.1) is 0 Å². The van der Waals surface area contributed by atoms with Crippen LogP contribution in [0.3, 0.4) is 0 Å². The maximum absolute atomic E-state index is 13.2. The van der Waals surface area contributed by atoms with Gasteiger partial charge in [0.15, 0.2) is 5.82 Å². The summed E-state index contributed by atoms with van der Waals surface area (Å²) in [6, 6.07) is 10.1. The molecule has 1 fully saturated rings. The van der Waals surface area contributed by atoms with Gasteiger partial charge in [0.25, 0.3) is 0 Å². The second kappa shape index (κ2) is 7.53. The fraction of sp³-hybridized carbons (Fsp3) is 0.364. The molecule has 0 unspecified atom stereocenters. The van der Waals surface area contributed by atoms with Crippen LogP contribution >= 0.6 is 0 Å². The summed E-state index contributed by atoms with van der Waals surface area (Å²) < 4.78 is 3.61. The highest BCUT2D eigenvalue weighted by Crippen LogP contribution is 2.36. The van der Waals surface area contributed by atoms with Crippen molar-refractivity contribution in [2.45, 2.75) is 31.8 Å². The molecule has 4 aromatic rings. The van der Waals surface area contributed by atoms with Gasteiger partial charge in [-0.1, -0.05) is 12.1 Å². The van der Waals surface area contributed by atoms with Crippen LogP contribution in [0.1, 0.15) is 31.1 Å². The summed E-state index contributed by atoms with van der Waals surface area (Å²) in [6.45, 7) is 1.09. The molecule has 0 saturated heterocycles. The van der Waals surface area contributed by atoms with E-state index < -0.39 is 0 Å². The van der Waals surface area contributed by atoms with Crippen molar-refractivity contribution in [3.8, 4) is 0 Å². The van der Waals surface area contributed by atoms with E-state index in [2.05, 4.69) is 4.98 Å². The molecule has 0 spiro atoms. The maximum atomic E-state index is 13.2. The summed E-state index contributed by atoms with van der Waals surface area (Å²) >= 11 is 0. The number of imidazole rings is 1. The van der Waals surface area contributed by atoms with Crippen molar-refractivity contribution in [1.29, 1.82) is 0 Å². The first-order valence-corrected chi connectivity index (χ1v) is 10.3. The van der Waals surface area contributed by atoms with Gasteiger partial charge in [-0.2, -0.15) is 0 Å². The minimum absolute atomic E-state index is 0.0348. The lowest BCUT2D eigenvalue weighted by atomic mass is 10.2. The van der Waals surface area contributed by atoms with Crippen LogP contribution in [0.2, 0.25) is 0 Å². The van der Waals surface area contributed by atoms with Crippen molar-refractivity contribution in [3.63, 3.8) is 0 Å². The molecule has 0 atom stereocenters. The molecule has 30 heavy (non-hydrogen) atoms. The highest BCUT2D eigenvalue weighted by atomic mass is 16.3. The number of anilines is 1. The van der Waals surface area contributed by atoms with Gasteiger partial charge in [-0.15, -0.1) is 0 Å². The zero-order chi connectivity index (χ0) is 20.7. The lowest BCUT2D eigenvalue weighted by Crippen LogP contribution is -2.26. The molecule has 1 aliphatic rings. The molecular formula is C22H24N6O2. The Morgan fingerprint density at radius 1 is 1.17 bits per heavy atom. The van der Waals surface area contributed by atoms with E-state index in [1.54, 1.807) is 17.0 Å². The molecule has 8 nitrogen and oxygen atoms in total. The molecule has 0 bridgehead atoms. The van der Waals surface area contributed by atoms with Crippen molar-refractivity contribution in [2.75, 3.05) is 25.1 Å². The molecule has 1 N–H and O–H groups in total. The monoisotopic (exact) mass is 404 g/mol. The SMILES string of the molecule is CN(CCCO)c1nc(Cn2c(=O)n(C3CC3)c3ccncc32)nc2ccccc12. The number of hydrogen-bond acceptors (Lipinski definition) is 6. The average Bonchev–Trinajstić information content (AvgIpc) is 3.57. The van der Waals surface area contributed by atoms with Crippen LogP contribution in [0.15, 0.2) is 47.5 Å². The van der Waals surface area contributed by atoms with Crippen LogP contribution < -0.4 is 10.6 Å². The first-order chi connectivity index (χ1) is 14.7. The molecule has 0 radical (unpaired) electrons. The highest BCUT2D eigenvalue weighted by molar-refractivity contribution is 5.89. The van der Waals surface area contributed by atoms with Crippen LogP contribution in [0.25, 0.3) is 21.9 Å². The molecule has 1 aliphatic carbocycles. The Hall–Kier alpha value is -3.26. The second-order valence-corrected chi connectivity index (χ2v) is 7.81. The number of aromatic nitrogens is 5. The summed E-state index contributed by atoms with van der Waals surface area (Å²) in [4.78, 5) is 29.0. The van der Waals surface area contributed by atoms with E-state index >= 15 is 0 Å². The molecule has 3 aromatic heterocycles. The van der Waals surface area contributed by atoms with Gasteiger partial charge in [-0.25, -0.2) is 14.8 Å². The number of hydrogen-bond donors (Lipinski definition) is 1. The third-order valence-electron chi connectivity index (χ3n) is 5.62. The second-order valence-electron chi connectivity index (χ2n) is 7.81. The van der Waals surface area contributed by atoms with Crippen LogP contribution in [0.4, 0.5) is 5.82 Å². The molecule has 1 saturated carbocycles. The van der Waals surface area contributed by atoms with Gasteiger partial charge >= 0.3 is 5.69 Å². The van der Waals surface area contributed by atoms with Gasteiger partial charge in [0.05, 0.1) is 29.3 Å². The van der Waals surface area contributed by atoms with E-state index in [1.807, 2.05) is 46.8 Å². The van der Waals surface area contributed by atoms with Crippen molar-refractivity contribution < 1.29 is 5.11 Å². The molecule has 0 amide bonds. The quantitative estimate of drug-likeness (QED) is 0.509. The highest BCUT2D eigenvalue weighted by Gasteiger charge is 2.29. The minimum Gasteiger partial charge on any atom is -0.396 e. The number of benzene rings is 1. The van der Waals surface area contributed by atoms with Crippen molar-refractivity contribution in [1.82, 2.24) is 24.1 Å². The number of para-hydroxylation sites is 1. The summed E-state index contributed by atoms with van der Waals surface area (Å²) in [7, 11) is 1.96. The Labute approximate surface area is 173 Å². The normalized spacial score (nSPS) is 13.9. The fourth-order valence-corrected chi connectivity index (χ4v) is 3.99. The van der Waals surface area contributed by atoms with E-state index in [4.69, 9.17) is 9.97 Å². The summed E-state index contributed by atoms with van der Waals surface area (Å²) in [5.74, 6) is 1.39. The fourth-order valence-electron chi connectivity index (χ4n) is 3.99. The standard InChI is InChI=1S/C22H24N6O2/c1-26(11-4-12-29)21-16-5-2-3-6-17(16)24-20(25-21)14-27-19-13-23-10-9-18(19)28(22(27)30)15-7-8-15/h2-3,5-6,9-10,13,15,29H,4,7-8,11-12,14H2,1H3. The Balaban J connectivity index is 1.61. The Morgan fingerprint density at radius 2 is 2.00 bits per heavy atom. The Morgan fingerprint density at radius 3 is 2.80 bits per heavy atom. The van der Waals surface area contributed by atoms with E-state index in [1.165, 1.54) is 0 Å². The number of nitrogens with zero attached hydrogens (tertiary/aromatic N) is 6. The van der Waals surface area contributed by atoms with Gasteiger partial charge in [0, 0.05) is 37.8 Å². The van der Waals surface area contributed by atoms with E-state index in [-0.39, 0.29) is 24.9 Å². The lowest BCUT2D eigenvalue weighted by Gasteiger charge is -2.20. The number of aliphatic hydroxyl groups is 1. The Bertz CT molecular complexity index is 1270. The Kier molecular flexibility index (Phi) is 4.71. The molecule has 3 heterocycles. The molecule has 0 aliphatic heterocycles. The zero-order valence-corrected chi connectivity index (χ0v) is 16.9. The van der Waals surface area contributed by atoms with Gasteiger partial charge in [-0.05, 0) is 37.5 Å². The molecular weight excluding hydrogens is 380 g/mol. The van der Waals surface area contributed by atoms with Crippen molar-refractivity contribution >= 4 is 27.8 Å². The van der Waals surface area contributed by atoms with Crippen molar-refractivity contribution in [2.24, 2.45) is 0 Å². The molecule has 5 rings (SSSR count). The largest absolute Gasteiger partial charge is 0.396 e. The first kappa shape index (κ1) is 18.7. The van der Waals surface area contributed by atoms with Gasteiger partial charge in [-0.3, -0.25) is 14.1 Å². The summed E-state index contributed by atoms with van der Waals surface area (Å²) in [5.41, 5.74) is 2.53. The predicted molar refractivity (Wildman–Crippen MR) is 116 cm³/mol. The van der Waals surface area contributed by atoms with E-state index in [0.29, 0.717) is 18.8 Å². The van der Waals surface area contributed by atoms with Crippen LogP contribution in [-0.2, 0) is 6.54 Å². The van der Waals surface area contributed by atoms with Crippen LogP contribution in [0.5, 0.6) is 0 Å². The molecule has 8 heteroatoms. The van der Waals surface area contributed by atoms with Gasteiger partial charge in [0.1, 0.15) is 5.82 Å². The van der Waals surface area contributed by atoms with E-state index in [9.17, 15) is 9.90 Å². The number of pyridine rings is 1. The third-order valence-corrected chi connectivity index (χ3v) is 5.62.